The van der Waals surface area contributed by atoms with E-state index in [0.717, 1.165) is 6.42 Å². The summed E-state index contributed by atoms with van der Waals surface area (Å²) < 4.78 is 0.510. The van der Waals surface area contributed by atoms with Crippen LogP contribution in [0.3, 0.4) is 0 Å². The third-order valence-electron chi connectivity index (χ3n) is 3.03. The van der Waals surface area contributed by atoms with Gasteiger partial charge in [0.1, 0.15) is 0 Å². The molecule has 0 aliphatic carbocycles. The third kappa shape index (κ3) is 3.66. The van der Waals surface area contributed by atoms with Crippen LogP contribution in [0.1, 0.15) is 22.8 Å². The van der Waals surface area contributed by atoms with Crippen LogP contribution in [0.4, 0.5) is 11.4 Å². The Hall–Kier alpha value is -2.21. The van der Waals surface area contributed by atoms with Crippen LogP contribution >= 0.6 is 15.9 Å². The standard InChI is InChI=1S/C15H13BrN2O3/c1-2-10-3-5-11(6-4-10)17-15(19)13-9-12(18(20)21)7-8-14(13)16/h3-9H,2H2,1H3,(H,17,19). The van der Waals surface area contributed by atoms with E-state index in [0.29, 0.717) is 10.2 Å². The van der Waals surface area contributed by atoms with E-state index in [4.69, 9.17) is 0 Å². The number of nitro benzene ring substituents is 1. The fraction of sp³-hybridized carbons (Fsp3) is 0.133. The summed E-state index contributed by atoms with van der Waals surface area (Å²) in [6, 6.07) is 11.6. The summed E-state index contributed by atoms with van der Waals surface area (Å²) in [5, 5.41) is 13.5. The van der Waals surface area contributed by atoms with Crippen molar-refractivity contribution in [1.82, 2.24) is 0 Å². The van der Waals surface area contributed by atoms with Gasteiger partial charge in [0.25, 0.3) is 11.6 Å². The van der Waals surface area contributed by atoms with Gasteiger partial charge >= 0.3 is 0 Å². The largest absolute Gasteiger partial charge is 0.322 e. The van der Waals surface area contributed by atoms with Crippen molar-refractivity contribution in [3.8, 4) is 0 Å². The number of anilines is 1. The molecule has 5 nitrogen and oxygen atoms in total. The Morgan fingerprint density at radius 3 is 2.48 bits per heavy atom. The predicted octanol–water partition coefficient (Wildman–Crippen LogP) is 4.17. The van der Waals surface area contributed by atoms with Crippen molar-refractivity contribution in [1.29, 1.82) is 0 Å². The molecule has 0 unspecified atom stereocenters. The molecular formula is C15H13BrN2O3. The molecule has 0 saturated heterocycles. The quantitative estimate of drug-likeness (QED) is 0.665. The van der Waals surface area contributed by atoms with E-state index >= 15 is 0 Å². The van der Waals surface area contributed by atoms with Crippen LogP contribution in [0, 0.1) is 10.1 Å². The average Bonchev–Trinajstić information content (AvgIpc) is 2.48. The van der Waals surface area contributed by atoms with Gasteiger partial charge in [0.15, 0.2) is 0 Å². The molecule has 0 aromatic heterocycles. The fourth-order valence-electron chi connectivity index (χ4n) is 1.82. The number of nitrogens with zero attached hydrogens (tertiary/aromatic N) is 1. The molecule has 0 aliphatic heterocycles. The Bertz CT molecular complexity index is 684. The Balaban J connectivity index is 2.23. The molecule has 1 N–H and O–H groups in total. The molecule has 2 rings (SSSR count). The number of carbonyl (C=O) groups excluding carboxylic acids is 1. The van der Waals surface area contributed by atoms with Gasteiger partial charge in [-0.1, -0.05) is 19.1 Å². The highest BCUT2D eigenvalue weighted by Crippen LogP contribution is 2.23. The van der Waals surface area contributed by atoms with Crippen LogP contribution in [-0.2, 0) is 6.42 Å². The zero-order valence-electron chi connectivity index (χ0n) is 11.3. The summed E-state index contributed by atoms with van der Waals surface area (Å²) in [5.41, 5.74) is 1.92. The topological polar surface area (TPSA) is 72.2 Å². The van der Waals surface area contributed by atoms with Gasteiger partial charge in [-0.3, -0.25) is 14.9 Å². The van der Waals surface area contributed by atoms with Gasteiger partial charge in [0, 0.05) is 22.3 Å². The first kappa shape index (κ1) is 15.2. The Labute approximate surface area is 130 Å². The van der Waals surface area contributed by atoms with Gasteiger partial charge in [-0.05, 0) is 46.1 Å². The lowest BCUT2D eigenvalue weighted by atomic mass is 10.1. The van der Waals surface area contributed by atoms with E-state index < -0.39 is 10.8 Å². The van der Waals surface area contributed by atoms with Crippen LogP contribution < -0.4 is 5.32 Å². The molecule has 108 valence electrons. The van der Waals surface area contributed by atoms with Crippen LogP contribution in [-0.4, -0.2) is 10.8 Å². The number of hydrogen-bond acceptors (Lipinski definition) is 3. The zero-order chi connectivity index (χ0) is 15.4. The number of nitro groups is 1. The smallest absolute Gasteiger partial charge is 0.270 e. The van der Waals surface area contributed by atoms with Crippen molar-refractivity contribution in [2.45, 2.75) is 13.3 Å². The second-order valence-corrected chi connectivity index (χ2v) is 5.28. The monoisotopic (exact) mass is 348 g/mol. The molecule has 0 saturated carbocycles. The molecule has 2 aromatic carbocycles. The highest BCUT2D eigenvalue weighted by molar-refractivity contribution is 9.10. The number of amides is 1. The summed E-state index contributed by atoms with van der Waals surface area (Å²) >= 11 is 3.23. The van der Waals surface area contributed by atoms with E-state index in [1.165, 1.54) is 23.8 Å². The summed E-state index contributed by atoms with van der Waals surface area (Å²) in [7, 11) is 0. The highest BCUT2D eigenvalue weighted by atomic mass is 79.9. The minimum Gasteiger partial charge on any atom is -0.322 e. The number of nitrogens with one attached hydrogen (secondary N) is 1. The van der Waals surface area contributed by atoms with E-state index in [1.807, 2.05) is 31.2 Å². The maximum absolute atomic E-state index is 12.2. The van der Waals surface area contributed by atoms with Gasteiger partial charge < -0.3 is 5.32 Å². The van der Waals surface area contributed by atoms with Crippen LogP contribution in [0.5, 0.6) is 0 Å². The fourth-order valence-corrected chi connectivity index (χ4v) is 2.25. The van der Waals surface area contributed by atoms with Crippen molar-refractivity contribution < 1.29 is 9.72 Å². The van der Waals surface area contributed by atoms with Crippen molar-refractivity contribution in [3.63, 3.8) is 0 Å². The Kier molecular flexibility index (Phi) is 4.70. The second kappa shape index (κ2) is 6.49. The summed E-state index contributed by atoms with van der Waals surface area (Å²) in [6.45, 7) is 2.05. The number of rotatable bonds is 4. The van der Waals surface area contributed by atoms with Gasteiger partial charge in [-0.15, -0.1) is 0 Å². The lowest BCUT2D eigenvalue weighted by molar-refractivity contribution is -0.384. The van der Waals surface area contributed by atoms with Gasteiger partial charge in [-0.2, -0.15) is 0 Å². The summed E-state index contributed by atoms with van der Waals surface area (Å²) in [6.07, 6.45) is 0.921. The van der Waals surface area contributed by atoms with E-state index in [-0.39, 0.29) is 11.3 Å². The summed E-state index contributed by atoms with van der Waals surface area (Å²) in [4.78, 5) is 22.4. The molecule has 2 aromatic rings. The van der Waals surface area contributed by atoms with E-state index in [1.54, 1.807) is 0 Å². The first-order chi connectivity index (χ1) is 10.0. The zero-order valence-corrected chi connectivity index (χ0v) is 12.9. The van der Waals surface area contributed by atoms with E-state index in [9.17, 15) is 14.9 Å². The molecule has 0 heterocycles. The molecule has 6 heteroatoms. The number of non-ortho nitro benzene ring substituents is 1. The highest BCUT2D eigenvalue weighted by Gasteiger charge is 2.15. The van der Waals surface area contributed by atoms with Crippen LogP contribution in [0.15, 0.2) is 46.9 Å². The molecule has 0 spiro atoms. The maximum Gasteiger partial charge on any atom is 0.270 e. The maximum atomic E-state index is 12.2. The van der Waals surface area contributed by atoms with Crippen molar-refractivity contribution in [2.75, 3.05) is 5.32 Å². The number of hydrogen-bond donors (Lipinski definition) is 1. The molecular weight excluding hydrogens is 336 g/mol. The number of aryl methyl sites for hydroxylation is 1. The SMILES string of the molecule is CCc1ccc(NC(=O)c2cc([N+](=O)[O-])ccc2Br)cc1. The first-order valence-electron chi connectivity index (χ1n) is 6.35. The minimum absolute atomic E-state index is 0.121. The molecule has 0 radical (unpaired) electrons. The lowest BCUT2D eigenvalue weighted by Crippen LogP contribution is -2.13. The first-order valence-corrected chi connectivity index (χ1v) is 7.14. The van der Waals surface area contributed by atoms with Crippen molar-refractivity contribution in [3.05, 3.63) is 68.2 Å². The normalized spacial score (nSPS) is 10.2. The van der Waals surface area contributed by atoms with Crippen molar-refractivity contribution >= 4 is 33.2 Å². The molecule has 0 aliphatic rings. The van der Waals surface area contributed by atoms with Gasteiger partial charge in [-0.25, -0.2) is 0 Å². The molecule has 0 fully saturated rings. The van der Waals surface area contributed by atoms with Crippen LogP contribution in [0.25, 0.3) is 0 Å². The van der Waals surface area contributed by atoms with Crippen LogP contribution in [0.2, 0.25) is 0 Å². The summed E-state index contributed by atoms with van der Waals surface area (Å²) in [5.74, 6) is -0.394. The molecule has 0 bridgehead atoms. The Morgan fingerprint density at radius 2 is 1.90 bits per heavy atom. The van der Waals surface area contributed by atoms with E-state index in [2.05, 4.69) is 21.2 Å². The van der Waals surface area contributed by atoms with Crippen molar-refractivity contribution in [2.24, 2.45) is 0 Å². The average molecular weight is 349 g/mol. The minimum atomic E-state index is -0.529. The number of halogens is 1. The second-order valence-electron chi connectivity index (χ2n) is 4.43. The van der Waals surface area contributed by atoms with Gasteiger partial charge in [0.05, 0.1) is 10.5 Å². The predicted molar refractivity (Wildman–Crippen MR) is 84.6 cm³/mol. The number of benzene rings is 2. The van der Waals surface area contributed by atoms with Gasteiger partial charge in [0.2, 0.25) is 0 Å². The third-order valence-corrected chi connectivity index (χ3v) is 3.72. The lowest BCUT2D eigenvalue weighted by Gasteiger charge is -2.07. The molecule has 0 atom stereocenters. The Morgan fingerprint density at radius 1 is 1.24 bits per heavy atom. The number of carbonyl (C=O) groups is 1. The molecule has 21 heavy (non-hydrogen) atoms. The molecule has 1 amide bonds.